The van der Waals surface area contributed by atoms with E-state index in [1.54, 1.807) is 28.6 Å². The molecule has 4 aromatic rings. The van der Waals surface area contributed by atoms with Gasteiger partial charge in [-0.25, -0.2) is 9.50 Å². The molecule has 26 heavy (non-hydrogen) atoms. The van der Waals surface area contributed by atoms with Crippen molar-refractivity contribution >= 4 is 29.2 Å². The van der Waals surface area contributed by atoms with Gasteiger partial charge in [-0.05, 0) is 11.6 Å². The lowest BCUT2D eigenvalue weighted by atomic mass is 10.1. The molecule has 0 aliphatic carbocycles. The van der Waals surface area contributed by atoms with E-state index in [0.717, 1.165) is 22.3 Å². The number of methoxy groups -OCH3 is 1. The van der Waals surface area contributed by atoms with Crippen LogP contribution in [-0.4, -0.2) is 32.0 Å². The number of pyridine rings is 1. The van der Waals surface area contributed by atoms with Gasteiger partial charge in [0.25, 0.3) is 5.56 Å². The third-order valence-electron chi connectivity index (χ3n) is 4.34. The van der Waals surface area contributed by atoms with Crippen molar-refractivity contribution in [2.45, 2.75) is 13.2 Å². The molecule has 0 unspecified atom stereocenters. The Morgan fingerprint density at radius 1 is 1.19 bits per heavy atom. The maximum Gasteiger partial charge on any atom is 0.261 e. The number of ether oxygens (including phenoxy) is 1. The number of aromatic nitrogens is 4. The van der Waals surface area contributed by atoms with Gasteiger partial charge in [0.05, 0.1) is 28.8 Å². The number of fused-ring (bicyclic) bond motifs is 3. The molecule has 0 atom stereocenters. The minimum Gasteiger partial charge on any atom is -0.378 e. The minimum absolute atomic E-state index is 0.0870. The van der Waals surface area contributed by atoms with Crippen LogP contribution in [0.2, 0.25) is 0 Å². The lowest BCUT2D eigenvalue weighted by Crippen LogP contribution is -2.21. The predicted octanol–water partition coefficient (Wildman–Crippen LogP) is 2.79. The zero-order valence-corrected chi connectivity index (χ0v) is 15.2. The van der Waals surface area contributed by atoms with Gasteiger partial charge in [-0.3, -0.25) is 4.79 Å². The summed E-state index contributed by atoms with van der Waals surface area (Å²) in [5, 5.41) is 5.22. The Morgan fingerprint density at radius 3 is 2.73 bits per heavy atom. The lowest BCUT2D eigenvalue weighted by molar-refractivity contribution is 0.181. The largest absolute Gasteiger partial charge is 0.378 e. The van der Waals surface area contributed by atoms with E-state index >= 15 is 0 Å². The first-order valence-corrected chi connectivity index (χ1v) is 8.93. The van der Waals surface area contributed by atoms with E-state index in [1.807, 2.05) is 36.4 Å². The molecule has 0 radical (unpaired) electrons. The number of hydrogen-bond donors (Lipinski definition) is 1. The van der Waals surface area contributed by atoms with Crippen LogP contribution in [0, 0.1) is 0 Å². The summed E-state index contributed by atoms with van der Waals surface area (Å²) in [6, 6.07) is 11.9. The van der Waals surface area contributed by atoms with Crippen LogP contribution < -0.4 is 5.56 Å². The molecule has 1 aromatic carbocycles. The standard InChI is InChI=1S/C19H18N4O2S/c1-25-12-15-17(13-5-3-2-4-6-13)18-20-11-14-16(23(18)21-15)7-8-22(9-10-26)19(14)24/h2-8,11,26H,9-10,12H2,1H3. The molecular weight excluding hydrogens is 348 g/mol. The Balaban J connectivity index is 2.04. The normalized spacial score (nSPS) is 11.5. The second kappa shape index (κ2) is 6.93. The molecule has 0 N–H and O–H groups in total. The molecule has 0 aliphatic rings. The van der Waals surface area contributed by atoms with Crippen molar-refractivity contribution in [3.8, 4) is 11.1 Å². The highest BCUT2D eigenvalue weighted by molar-refractivity contribution is 7.80. The molecule has 0 saturated carbocycles. The second-order valence-corrected chi connectivity index (χ2v) is 6.40. The smallest absolute Gasteiger partial charge is 0.261 e. The third-order valence-corrected chi connectivity index (χ3v) is 4.54. The highest BCUT2D eigenvalue weighted by atomic mass is 32.1. The van der Waals surface area contributed by atoms with Crippen molar-refractivity contribution in [1.29, 1.82) is 0 Å². The van der Waals surface area contributed by atoms with Crippen LogP contribution in [0.25, 0.3) is 27.7 Å². The molecule has 4 rings (SSSR count). The van der Waals surface area contributed by atoms with E-state index in [9.17, 15) is 4.79 Å². The van der Waals surface area contributed by atoms with Crippen LogP contribution in [0.3, 0.4) is 0 Å². The molecule has 0 amide bonds. The summed E-state index contributed by atoms with van der Waals surface area (Å²) in [4.78, 5) is 17.2. The first-order valence-electron chi connectivity index (χ1n) is 8.29. The summed E-state index contributed by atoms with van der Waals surface area (Å²) >= 11 is 4.21. The van der Waals surface area contributed by atoms with Crippen molar-refractivity contribution in [2.75, 3.05) is 12.9 Å². The number of rotatable bonds is 5. The molecular formula is C19H18N4O2S. The quantitative estimate of drug-likeness (QED) is 0.552. The Hall–Kier alpha value is -2.64. The maximum absolute atomic E-state index is 12.7. The molecule has 0 fully saturated rings. The molecule has 0 bridgehead atoms. The van der Waals surface area contributed by atoms with Crippen molar-refractivity contribution in [3.05, 3.63) is 64.8 Å². The summed E-state index contributed by atoms with van der Waals surface area (Å²) in [6.07, 6.45) is 3.41. The van der Waals surface area contributed by atoms with Gasteiger partial charge in [0, 0.05) is 31.8 Å². The predicted molar refractivity (Wildman–Crippen MR) is 105 cm³/mol. The number of benzene rings is 1. The Bertz CT molecular complexity index is 1140. The molecule has 0 saturated heterocycles. The summed E-state index contributed by atoms with van der Waals surface area (Å²) in [5.41, 5.74) is 4.09. The van der Waals surface area contributed by atoms with Crippen molar-refractivity contribution in [1.82, 2.24) is 19.2 Å². The second-order valence-electron chi connectivity index (χ2n) is 5.95. The van der Waals surface area contributed by atoms with Crippen LogP contribution in [0.1, 0.15) is 5.69 Å². The minimum atomic E-state index is -0.0870. The molecule has 3 aromatic heterocycles. The van der Waals surface area contributed by atoms with Gasteiger partial charge in [-0.15, -0.1) is 0 Å². The van der Waals surface area contributed by atoms with Gasteiger partial charge in [0.15, 0.2) is 5.65 Å². The van der Waals surface area contributed by atoms with E-state index in [0.29, 0.717) is 29.9 Å². The number of aryl methyl sites for hydroxylation is 1. The number of nitrogens with zero attached hydrogens (tertiary/aromatic N) is 4. The van der Waals surface area contributed by atoms with Crippen LogP contribution in [0.5, 0.6) is 0 Å². The van der Waals surface area contributed by atoms with Crippen molar-refractivity contribution in [2.24, 2.45) is 0 Å². The lowest BCUT2D eigenvalue weighted by Gasteiger charge is -2.06. The van der Waals surface area contributed by atoms with Crippen molar-refractivity contribution in [3.63, 3.8) is 0 Å². The highest BCUT2D eigenvalue weighted by Gasteiger charge is 2.18. The van der Waals surface area contributed by atoms with Crippen LogP contribution in [0.4, 0.5) is 0 Å². The molecule has 3 heterocycles. The monoisotopic (exact) mass is 366 g/mol. The Kier molecular flexibility index (Phi) is 4.48. The number of thiol groups is 1. The van der Waals surface area contributed by atoms with E-state index < -0.39 is 0 Å². The summed E-state index contributed by atoms with van der Waals surface area (Å²) in [5.74, 6) is 0.596. The first-order chi connectivity index (χ1) is 12.7. The van der Waals surface area contributed by atoms with Gasteiger partial charge in [0.2, 0.25) is 0 Å². The van der Waals surface area contributed by atoms with Crippen LogP contribution in [0.15, 0.2) is 53.6 Å². The topological polar surface area (TPSA) is 61.4 Å². The zero-order chi connectivity index (χ0) is 18.1. The maximum atomic E-state index is 12.7. The van der Waals surface area contributed by atoms with Gasteiger partial charge in [-0.1, -0.05) is 30.3 Å². The van der Waals surface area contributed by atoms with Gasteiger partial charge in [0.1, 0.15) is 0 Å². The molecule has 0 aliphatic heterocycles. The van der Waals surface area contributed by atoms with Crippen LogP contribution in [-0.2, 0) is 17.9 Å². The van der Waals surface area contributed by atoms with Gasteiger partial charge in [-0.2, -0.15) is 17.7 Å². The fourth-order valence-corrected chi connectivity index (χ4v) is 3.39. The van der Waals surface area contributed by atoms with Gasteiger partial charge < -0.3 is 9.30 Å². The van der Waals surface area contributed by atoms with E-state index in [1.165, 1.54) is 0 Å². The molecule has 132 valence electrons. The third kappa shape index (κ3) is 2.69. The summed E-state index contributed by atoms with van der Waals surface area (Å²) < 4.78 is 8.70. The van der Waals surface area contributed by atoms with E-state index in [-0.39, 0.29) is 5.56 Å². The number of hydrogen-bond acceptors (Lipinski definition) is 5. The SMILES string of the molecule is COCc1nn2c(ncc3c(=O)n(CCS)ccc32)c1-c1ccccc1. The highest BCUT2D eigenvalue weighted by Crippen LogP contribution is 2.29. The van der Waals surface area contributed by atoms with Crippen LogP contribution >= 0.6 is 12.6 Å². The first kappa shape index (κ1) is 16.8. The van der Waals surface area contributed by atoms with E-state index in [4.69, 9.17) is 4.74 Å². The average Bonchev–Trinajstić information content (AvgIpc) is 3.03. The zero-order valence-electron chi connectivity index (χ0n) is 14.3. The molecule has 7 heteroatoms. The average molecular weight is 366 g/mol. The summed E-state index contributed by atoms with van der Waals surface area (Å²) in [6.45, 7) is 0.922. The Labute approximate surface area is 155 Å². The molecule has 0 spiro atoms. The molecule has 6 nitrogen and oxygen atoms in total. The van der Waals surface area contributed by atoms with Crippen molar-refractivity contribution < 1.29 is 4.74 Å². The fourth-order valence-electron chi connectivity index (χ4n) is 3.18. The fraction of sp³-hybridized carbons (Fsp3) is 0.211. The van der Waals surface area contributed by atoms with Gasteiger partial charge >= 0.3 is 0 Å². The summed E-state index contributed by atoms with van der Waals surface area (Å²) in [7, 11) is 1.64. The Morgan fingerprint density at radius 2 is 2.00 bits per heavy atom. The van der Waals surface area contributed by atoms with E-state index in [2.05, 4.69) is 22.7 Å².